The molecule has 0 atom stereocenters. The minimum atomic E-state index is -5.08. The molecule has 1 amide bonds. The van der Waals surface area contributed by atoms with Crippen LogP contribution in [0.1, 0.15) is 52.3 Å². The Morgan fingerprint density at radius 2 is 1.81 bits per heavy atom. The number of carbonyl (C=O) groups is 2. The standard InChI is InChI=1S/C25H28ClN7O2S.C2HF3O2/c1-6-14-9-16-18(19(14)26)21(33-12-25(5,13-33)32-23(34)35-24(2,3)4)31-22(30-16)36-15-10-17-20(29-11-15)28-8-7-27-17;3-2(4,5)1(6)7/h7-8,10-11H,6,9,12-13H2,1-5H3,(H,32,34);(H,6,7). The molecule has 11 nitrogen and oxygen atoms in total. The van der Waals surface area contributed by atoms with Crippen LogP contribution in [-0.4, -0.2) is 72.5 Å². The molecule has 3 aromatic rings. The lowest BCUT2D eigenvalue weighted by Gasteiger charge is -2.49. The van der Waals surface area contributed by atoms with Crippen molar-refractivity contribution in [1.29, 1.82) is 0 Å². The molecule has 4 heterocycles. The minimum Gasteiger partial charge on any atom is -0.475 e. The third-order valence-corrected chi connectivity index (χ3v) is 7.50. The number of amides is 1. The lowest BCUT2D eigenvalue weighted by molar-refractivity contribution is -0.192. The third kappa shape index (κ3) is 7.82. The van der Waals surface area contributed by atoms with Crippen molar-refractivity contribution in [2.75, 3.05) is 18.0 Å². The largest absolute Gasteiger partial charge is 0.490 e. The summed E-state index contributed by atoms with van der Waals surface area (Å²) in [5, 5.41) is 11.5. The minimum absolute atomic E-state index is 0.424. The average molecular weight is 640 g/mol. The van der Waals surface area contributed by atoms with E-state index < -0.39 is 29.4 Å². The Morgan fingerprint density at radius 3 is 2.42 bits per heavy atom. The van der Waals surface area contributed by atoms with Crippen molar-refractivity contribution in [2.24, 2.45) is 0 Å². The quantitative estimate of drug-likeness (QED) is 0.336. The van der Waals surface area contributed by atoms with Crippen LogP contribution < -0.4 is 10.2 Å². The molecule has 1 saturated heterocycles. The van der Waals surface area contributed by atoms with Gasteiger partial charge in [0.25, 0.3) is 0 Å². The zero-order valence-electron chi connectivity index (χ0n) is 23.9. The number of allylic oxidation sites excluding steroid dienone is 1. The normalized spacial score (nSPS) is 15.8. The number of ether oxygens (including phenoxy) is 1. The molecule has 2 aliphatic rings. The summed E-state index contributed by atoms with van der Waals surface area (Å²) >= 11 is 8.23. The first-order valence-electron chi connectivity index (χ1n) is 13.1. The molecular weight excluding hydrogens is 611 g/mol. The first kappa shape index (κ1) is 32.2. The van der Waals surface area contributed by atoms with Crippen molar-refractivity contribution in [3.8, 4) is 0 Å². The number of carboxylic acids is 1. The molecule has 43 heavy (non-hydrogen) atoms. The van der Waals surface area contributed by atoms with E-state index in [0.717, 1.165) is 39.0 Å². The Morgan fingerprint density at radius 1 is 1.16 bits per heavy atom. The lowest BCUT2D eigenvalue weighted by atomic mass is 9.92. The predicted octanol–water partition coefficient (Wildman–Crippen LogP) is 5.62. The van der Waals surface area contributed by atoms with Gasteiger partial charge in [0.15, 0.2) is 10.8 Å². The van der Waals surface area contributed by atoms with Gasteiger partial charge in [-0.25, -0.2) is 29.5 Å². The Hall–Kier alpha value is -3.72. The van der Waals surface area contributed by atoms with E-state index >= 15 is 0 Å². The van der Waals surface area contributed by atoms with Crippen LogP contribution in [0.15, 0.2) is 40.3 Å². The highest BCUT2D eigenvalue weighted by molar-refractivity contribution is 7.99. The van der Waals surface area contributed by atoms with Crippen molar-refractivity contribution < 1.29 is 32.6 Å². The van der Waals surface area contributed by atoms with Crippen molar-refractivity contribution >= 4 is 57.4 Å². The molecule has 230 valence electrons. The van der Waals surface area contributed by atoms with Gasteiger partial charge in [-0.1, -0.05) is 18.5 Å². The van der Waals surface area contributed by atoms with Gasteiger partial charge in [-0.15, -0.1) is 0 Å². The molecule has 3 aromatic heterocycles. The number of nitrogens with one attached hydrogen (secondary N) is 1. The van der Waals surface area contributed by atoms with Gasteiger partial charge in [0.1, 0.15) is 16.9 Å². The first-order chi connectivity index (χ1) is 20.0. The molecule has 0 saturated carbocycles. The van der Waals surface area contributed by atoms with E-state index in [1.165, 1.54) is 11.8 Å². The zero-order valence-corrected chi connectivity index (χ0v) is 25.5. The second-order valence-electron chi connectivity index (χ2n) is 11.1. The molecule has 5 rings (SSSR count). The van der Waals surface area contributed by atoms with E-state index in [1.807, 2.05) is 33.8 Å². The molecule has 2 N–H and O–H groups in total. The van der Waals surface area contributed by atoms with Gasteiger partial charge < -0.3 is 20.1 Å². The fraction of sp³-hybridized carbons (Fsp3) is 0.444. The highest BCUT2D eigenvalue weighted by Crippen LogP contribution is 2.44. The summed E-state index contributed by atoms with van der Waals surface area (Å²) in [6.45, 7) is 10.8. The van der Waals surface area contributed by atoms with E-state index in [0.29, 0.717) is 35.8 Å². The second-order valence-corrected chi connectivity index (χ2v) is 12.5. The maximum absolute atomic E-state index is 12.4. The number of hydrogen-bond acceptors (Lipinski definition) is 10. The van der Waals surface area contributed by atoms with Crippen LogP contribution in [0.5, 0.6) is 0 Å². The number of hydrogen-bond donors (Lipinski definition) is 2. The summed E-state index contributed by atoms with van der Waals surface area (Å²) in [4.78, 5) is 47.0. The number of alkyl carbamates (subject to hydrolysis) is 1. The van der Waals surface area contributed by atoms with Gasteiger partial charge in [0, 0.05) is 43.0 Å². The van der Waals surface area contributed by atoms with E-state index in [2.05, 4.69) is 32.1 Å². The van der Waals surface area contributed by atoms with Crippen LogP contribution in [0.25, 0.3) is 16.2 Å². The summed E-state index contributed by atoms with van der Waals surface area (Å²) in [5.41, 5.74) is 3.29. The van der Waals surface area contributed by atoms with Crippen LogP contribution in [0, 0.1) is 0 Å². The molecule has 1 fully saturated rings. The Kier molecular flexibility index (Phi) is 9.07. The van der Waals surface area contributed by atoms with Crippen LogP contribution in [0.4, 0.5) is 23.8 Å². The summed E-state index contributed by atoms with van der Waals surface area (Å²) in [6.07, 6.45) is 1.07. The number of pyridine rings is 1. The third-order valence-electron chi connectivity index (χ3n) is 6.21. The highest BCUT2D eigenvalue weighted by atomic mass is 35.5. The molecule has 0 aromatic carbocycles. The average Bonchev–Trinajstić information content (AvgIpc) is 3.20. The smallest absolute Gasteiger partial charge is 0.475 e. The molecule has 0 unspecified atom stereocenters. The predicted molar refractivity (Wildman–Crippen MR) is 154 cm³/mol. The molecule has 0 radical (unpaired) electrons. The molecule has 1 aliphatic carbocycles. The van der Waals surface area contributed by atoms with Crippen LogP contribution >= 0.6 is 23.4 Å². The number of carbonyl (C=O) groups excluding carboxylic acids is 1. The topological polar surface area (TPSA) is 143 Å². The number of rotatable bonds is 5. The van der Waals surface area contributed by atoms with Crippen molar-refractivity contribution in [3.63, 3.8) is 0 Å². The lowest BCUT2D eigenvalue weighted by Crippen LogP contribution is -2.69. The summed E-state index contributed by atoms with van der Waals surface area (Å²) in [6, 6.07) is 1.93. The van der Waals surface area contributed by atoms with Crippen LogP contribution in [0.2, 0.25) is 0 Å². The van der Waals surface area contributed by atoms with E-state index in [9.17, 15) is 18.0 Å². The number of fused-ring (bicyclic) bond motifs is 2. The Labute approximate surface area is 254 Å². The number of aliphatic carboxylic acids is 1. The van der Waals surface area contributed by atoms with E-state index in [1.54, 1.807) is 18.6 Å². The SMILES string of the molecule is CCC1=C(Cl)c2c(nc(Sc3cnc4nccnc4c3)nc2N2CC(C)(NC(=O)OC(C)(C)C)C2)C1.O=C(O)C(F)(F)F. The molecule has 0 spiro atoms. The fourth-order valence-electron chi connectivity index (χ4n) is 4.41. The highest BCUT2D eigenvalue weighted by Gasteiger charge is 2.44. The van der Waals surface area contributed by atoms with Gasteiger partial charge in [-0.05, 0) is 57.5 Å². The zero-order chi connectivity index (χ0) is 31.7. The van der Waals surface area contributed by atoms with Gasteiger partial charge in [-0.2, -0.15) is 13.2 Å². The maximum atomic E-state index is 12.4. The van der Waals surface area contributed by atoms with Crippen molar-refractivity contribution in [1.82, 2.24) is 30.2 Å². The summed E-state index contributed by atoms with van der Waals surface area (Å²) < 4.78 is 37.2. The van der Waals surface area contributed by atoms with Gasteiger partial charge in [-0.3, -0.25) is 4.98 Å². The number of halogens is 4. The Bertz CT molecular complexity index is 1590. The van der Waals surface area contributed by atoms with Gasteiger partial charge >= 0.3 is 18.2 Å². The van der Waals surface area contributed by atoms with E-state index in [-0.39, 0.29) is 0 Å². The van der Waals surface area contributed by atoms with Gasteiger partial charge in [0.2, 0.25) is 0 Å². The number of aromatic nitrogens is 5. The molecule has 16 heteroatoms. The fourth-order valence-corrected chi connectivity index (χ4v) is 5.58. The monoisotopic (exact) mass is 639 g/mol. The first-order valence-corrected chi connectivity index (χ1v) is 14.3. The molecule has 1 aliphatic heterocycles. The summed E-state index contributed by atoms with van der Waals surface area (Å²) in [5.74, 6) is -1.97. The number of alkyl halides is 3. The Balaban J connectivity index is 0.000000541. The maximum Gasteiger partial charge on any atom is 0.490 e. The van der Waals surface area contributed by atoms with E-state index in [4.69, 9.17) is 36.2 Å². The van der Waals surface area contributed by atoms with Crippen LogP contribution in [-0.2, 0) is 16.0 Å². The number of anilines is 1. The van der Waals surface area contributed by atoms with Crippen molar-refractivity contribution in [2.45, 2.75) is 74.8 Å². The van der Waals surface area contributed by atoms with Gasteiger partial charge in [0.05, 0.1) is 21.8 Å². The van der Waals surface area contributed by atoms with Crippen LogP contribution in [0.3, 0.4) is 0 Å². The molecule has 0 bridgehead atoms. The number of nitrogens with zero attached hydrogens (tertiary/aromatic N) is 6. The van der Waals surface area contributed by atoms with Crippen molar-refractivity contribution in [3.05, 3.63) is 41.5 Å². The summed E-state index contributed by atoms with van der Waals surface area (Å²) in [7, 11) is 0. The second kappa shape index (κ2) is 12.1. The number of carboxylic acid groups (broad SMARTS) is 1. The molecular formula is C27H29ClF3N7O4S.